The Morgan fingerprint density at radius 2 is 0.936 bits per heavy atom. The van der Waals surface area contributed by atoms with Crippen molar-refractivity contribution in [1.82, 2.24) is 0 Å². The molecule has 0 saturated carbocycles. The van der Waals surface area contributed by atoms with Crippen molar-refractivity contribution in [1.29, 1.82) is 0 Å². The van der Waals surface area contributed by atoms with Crippen LogP contribution in [0.3, 0.4) is 0 Å². The number of hydrogen-bond donors (Lipinski definition) is 0. The van der Waals surface area contributed by atoms with Crippen LogP contribution < -0.4 is 4.90 Å². The molecule has 0 fully saturated rings. The Morgan fingerprint density at radius 1 is 0.383 bits per heavy atom. The fourth-order valence-corrected chi connectivity index (χ4v) is 7.52. The molecule has 47 heavy (non-hydrogen) atoms. The molecule has 1 aliphatic carbocycles. The van der Waals surface area contributed by atoms with Crippen molar-refractivity contribution in [2.24, 2.45) is 0 Å². The van der Waals surface area contributed by atoms with Crippen LogP contribution in [0.25, 0.3) is 44.2 Å². The quantitative estimate of drug-likeness (QED) is 0.189. The van der Waals surface area contributed by atoms with Crippen molar-refractivity contribution in [3.05, 3.63) is 175 Å². The molecule has 0 spiro atoms. The predicted octanol–water partition coefficient (Wildman–Crippen LogP) is 12.9. The molecule has 0 radical (unpaired) electrons. The molecular weight excluding hydrogens is 567 g/mol. The Labute approximate surface area is 278 Å². The second-order valence-corrected chi connectivity index (χ2v) is 13.9. The van der Waals surface area contributed by atoms with Gasteiger partial charge in [-0.05, 0) is 97.1 Å². The van der Waals surface area contributed by atoms with Gasteiger partial charge in [-0.3, -0.25) is 0 Å². The highest BCUT2D eigenvalue weighted by Crippen LogP contribution is 2.55. The summed E-state index contributed by atoms with van der Waals surface area (Å²) in [7, 11) is 0. The van der Waals surface area contributed by atoms with E-state index in [1.165, 1.54) is 61.0 Å². The van der Waals surface area contributed by atoms with Gasteiger partial charge in [0.15, 0.2) is 0 Å². The van der Waals surface area contributed by atoms with Gasteiger partial charge in [-0.25, -0.2) is 0 Å². The zero-order chi connectivity index (χ0) is 32.2. The summed E-state index contributed by atoms with van der Waals surface area (Å²) < 4.78 is 0. The molecule has 8 rings (SSSR count). The van der Waals surface area contributed by atoms with Crippen LogP contribution in [-0.4, -0.2) is 0 Å². The third-order valence-electron chi connectivity index (χ3n) is 10.8. The van der Waals surface area contributed by atoms with Crippen molar-refractivity contribution >= 4 is 27.8 Å². The van der Waals surface area contributed by atoms with Gasteiger partial charge in [0.2, 0.25) is 0 Å². The van der Waals surface area contributed by atoms with Gasteiger partial charge in [-0.1, -0.05) is 155 Å². The van der Waals surface area contributed by atoms with Gasteiger partial charge in [0.25, 0.3) is 0 Å². The van der Waals surface area contributed by atoms with E-state index < -0.39 is 0 Å². The molecule has 1 nitrogen and oxygen atoms in total. The van der Waals surface area contributed by atoms with Crippen LogP contribution in [0.5, 0.6) is 0 Å². The first-order valence-electron chi connectivity index (χ1n) is 16.6. The van der Waals surface area contributed by atoms with E-state index in [4.69, 9.17) is 0 Å². The summed E-state index contributed by atoms with van der Waals surface area (Å²) in [4.78, 5) is 2.48. The highest BCUT2D eigenvalue weighted by molar-refractivity contribution is 6.00. The smallest absolute Gasteiger partial charge is 0.0540 e. The van der Waals surface area contributed by atoms with Crippen LogP contribution in [0.4, 0.5) is 17.1 Å². The summed E-state index contributed by atoms with van der Waals surface area (Å²) in [6, 6.07) is 60.0. The molecule has 7 aromatic carbocycles. The SMILES string of the molecule is CC1(C)c2ccccc2-c2ccc(N(c3cc(-c4ccccc4)cc(-c4ccccc4)c3)c3cccc4ccccc34)cc2C1(C)C. The number of nitrogens with zero attached hydrogens (tertiary/aromatic N) is 1. The summed E-state index contributed by atoms with van der Waals surface area (Å²) in [5, 5.41) is 2.45. The van der Waals surface area contributed by atoms with Crippen molar-refractivity contribution in [3.8, 4) is 33.4 Å². The van der Waals surface area contributed by atoms with Crippen LogP contribution in [0, 0.1) is 0 Å². The number of benzene rings is 7. The molecule has 0 saturated heterocycles. The summed E-state index contributed by atoms with van der Waals surface area (Å²) >= 11 is 0. The van der Waals surface area contributed by atoms with Crippen molar-refractivity contribution in [3.63, 3.8) is 0 Å². The Kier molecular flexibility index (Phi) is 6.88. The fraction of sp³-hybridized carbons (Fsp3) is 0.130. The van der Waals surface area contributed by atoms with Gasteiger partial charge < -0.3 is 4.90 Å². The van der Waals surface area contributed by atoms with Crippen molar-refractivity contribution in [2.45, 2.75) is 38.5 Å². The van der Waals surface area contributed by atoms with E-state index in [2.05, 4.69) is 196 Å². The fourth-order valence-electron chi connectivity index (χ4n) is 7.52. The van der Waals surface area contributed by atoms with E-state index in [-0.39, 0.29) is 10.8 Å². The Hall–Kier alpha value is -5.40. The van der Waals surface area contributed by atoms with Gasteiger partial charge in [-0.15, -0.1) is 0 Å². The van der Waals surface area contributed by atoms with E-state index in [0.717, 1.165) is 11.4 Å². The standard InChI is InChI=1S/C46H39N/c1-45(2)42-24-14-13-23-40(42)41-27-26-37(31-43(41)46(45,3)4)47(44-25-15-21-34-20-11-12-22-39(34)44)38-29-35(32-16-7-5-8-17-32)28-36(30-38)33-18-9-6-10-19-33/h5-31H,1-4H3. The van der Waals surface area contributed by atoms with Gasteiger partial charge in [0, 0.05) is 16.8 Å². The lowest BCUT2D eigenvalue weighted by molar-refractivity contribution is 0.299. The highest BCUT2D eigenvalue weighted by Gasteiger charge is 2.46. The second kappa shape index (κ2) is 11.1. The zero-order valence-corrected chi connectivity index (χ0v) is 27.5. The monoisotopic (exact) mass is 605 g/mol. The van der Waals surface area contributed by atoms with E-state index in [1.54, 1.807) is 0 Å². The Bertz CT molecular complexity index is 2180. The van der Waals surface area contributed by atoms with Crippen LogP contribution in [-0.2, 0) is 10.8 Å². The minimum atomic E-state index is -0.0990. The Morgan fingerprint density at radius 3 is 1.64 bits per heavy atom. The molecular formula is C46H39N. The average molecular weight is 606 g/mol. The highest BCUT2D eigenvalue weighted by atomic mass is 15.1. The van der Waals surface area contributed by atoms with Gasteiger partial charge in [-0.2, -0.15) is 0 Å². The van der Waals surface area contributed by atoms with E-state index in [0.29, 0.717) is 0 Å². The van der Waals surface area contributed by atoms with Crippen LogP contribution in [0.1, 0.15) is 38.8 Å². The maximum atomic E-state index is 2.48. The summed E-state index contributed by atoms with van der Waals surface area (Å²) in [5.41, 5.74) is 13.6. The van der Waals surface area contributed by atoms with E-state index in [1.807, 2.05) is 0 Å². The average Bonchev–Trinajstić information content (AvgIpc) is 3.12. The molecule has 0 atom stereocenters. The molecule has 0 N–H and O–H groups in total. The molecule has 1 aliphatic rings. The maximum Gasteiger partial charge on any atom is 0.0540 e. The molecule has 0 aromatic heterocycles. The van der Waals surface area contributed by atoms with E-state index >= 15 is 0 Å². The largest absolute Gasteiger partial charge is 0.310 e. The van der Waals surface area contributed by atoms with E-state index in [9.17, 15) is 0 Å². The molecule has 0 unspecified atom stereocenters. The molecule has 0 amide bonds. The number of rotatable bonds is 5. The summed E-state index contributed by atoms with van der Waals surface area (Å²) in [5.74, 6) is 0. The molecule has 0 heterocycles. The molecule has 7 aromatic rings. The van der Waals surface area contributed by atoms with Crippen LogP contribution >= 0.6 is 0 Å². The lowest BCUT2D eigenvalue weighted by Gasteiger charge is -2.48. The van der Waals surface area contributed by atoms with Gasteiger partial charge >= 0.3 is 0 Å². The summed E-state index contributed by atoms with van der Waals surface area (Å²) in [6.07, 6.45) is 0. The molecule has 1 heteroatoms. The van der Waals surface area contributed by atoms with Crippen LogP contribution in [0.15, 0.2) is 164 Å². The lowest BCUT2D eigenvalue weighted by Crippen LogP contribution is -2.43. The molecule has 0 aliphatic heterocycles. The first-order valence-corrected chi connectivity index (χ1v) is 16.6. The Balaban J connectivity index is 1.42. The van der Waals surface area contributed by atoms with Gasteiger partial charge in [0.05, 0.1) is 5.69 Å². The number of anilines is 3. The number of fused-ring (bicyclic) bond motifs is 4. The lowest BCUT2D eigenvalue weighted by atomic mass is 9.55. The number of hydrogen-bond acceptors (Lipinski definition) is 1. The topological polar surface area (TPSA) is 3.24 Å². The predicted molar refractivity (Wildman–Crippen MR) is 201 cm³/mol. The second-order valence-electron chi connectivity index (χ2n) is 13.9. The minimum Gasteiger partial charge on any atom is -0.310 e. The van der Waals surface area contributed by atoms with Gasteiger partial charge in [0.1, 0.15) is 0 Å². The summed E-state index contributed by atoms with van der Waals surface area (Å²) in [6.45, 7) is 9.63. The first-order chi connectivity index (χ1) is 22.8. The zero-order valence-electron chi connectivity index (χ0n) is 27.5. The maximum absolute atomic E-state index is 2.48. The third kappa shape index (κ3) is 4.77. The molecule has 0 bridgehead atoms. The van der Waals surface area contributed by atoms with Crippen molar-refractivity contribution in [2.75, 3.05) is 4.90 Å². The minimum absolute atomic E-state index is 0.0484. The van der Waals surface area contributed by atoms with Crippen molar-refractivity contribution < 1.29 is 0 Å². The van der Waals surface area contributed by atoms with Crippen LogP contribution in [0.2, 0.25) is 0 Å². The molecule has 228 valence electrons. The first kappa shape index (κ1) is 29.0. The third-order valence-corrected chi connectivity index (χ3v) is 10.8. The normalized spacial score (nSPS) is 14.3.